The number of alkyl halides is 2. The lowest BCUT2D eigenvalue weighted by molar-refractivity contribution is 0.0291. The van der Waals surface area contributed by atoms with E-state index in [0.29, 0.717) is 17.7 Å². The highest BCUT2D eigenvalue weighted by Gasteiger charge is 2.39. The Hall–Kier alpha value is 0.540. The van der Waals surface area contributed by atoms with Crippen LogP contribution in [0.15, 0.2) is 0 Å². The maximum absolute atomic E-state index is 6.17. The Bertz CT molecular complexity index is 206. The minimum Gasteiger partial charge on any atom is -0.380 e. The molecule has 0 amide bonds. The van der Waals surface area contributed by atoms with Crippen LogP contribution < -0.4 is 0 Å². The zero-order chi connectivity index (χ0) is 11.4. The van der Waals surface area contributed by atoms with E-state index in [4.69, 9.17) is 27.9 Å². The molecule has 16 heavy (non-hydrogen) atoms. The molecule has 0 N–H and O–H groups in total. The highest BCUT2D eigenvalue weighted by atomic mass is 35.5. The molecule has 0 saturated heterocycles. The summed E-state index contributed by atoms with van der Waals surface area (Å²) in [5.41, 5.74) is 0.0362. The van der Waals surface area contributed by atoms with Crippen LogP contribution in [0.3, 0.4) is 0 Å². The van der Waals surface area contributed by atoms with Crippen molar-refractivity contribution >= 4 is 23.2 Å². The summed E-state index contributed by atoms with van der Waals surface area (Å²) in [6.45, 7) is 1.68. The van der Waals surface area contributed by atoms with E-state index in [-0.39, 0.29) is 5.41 Å². The van der Waals surface area contributed by atoms with Crippen molar-refractivity contribution < 1.29 is 4.74 Å². The minimum atomic E-state index is 0.0362. The van der Waals surface area contributed by atoms with Gasteiger partial charge in [0.2, 0.25) is 0 Å². The lowest BCUT2D eigenvalue weighted by Crippen LogP contribution is -2.38. The number of ether oxygens (including phenoxy) is 1. The van der Waals surface area contributed by atoms with Gasteiger partial charge in [0.1, 0.15) is 0 Å². The average molecular weight is 265 g/mol. The molecule has 0 atom stereocenters. The fourth-order valence-corrected chi connectivity index (χ4v) is 3.58. The van der Waals surface area contributed by atoms with E-state index in [1.807, 2.05) is 0 Å². The highest BCUT2D eigenvalue weighted by molar-refractivity contribution is 6.21. The molecule has 94 valence electrons. The van der Waals surface area contributed by atoms with E-state index < -0.39 is 0 Å². The van der Waals surface area contributed by atoms with Gasteiger partial charge in [-0.25, -0.2) is 0 Å². The normalized spacial score (nSPS) is 22.9. The average Bonchev–Trinajstić information content (AvgIpc) is 2.96. The van der Waals surface area contributed by atoms with Crippen LogP contribution in [-0.2, 0) is 4.74 Å². The van der Waals surface area contributed by atoms with Crippen molar-refractivity contribution in [3.05, 3.63) is 0 Å². The van der Waals surface area contributed by atoms with Crippen molar-refractivity contribution in [2.45, 2.75) is 38.5 Å². The van der Waals surface area contributed by atoms with Crippen LogP contribution in [0.5, 0.6) is 0 Å². The summed E-state index contributed by atoms with van der Waals surface area (Å²) in [7, 11) is 0. The summed E-state index contributed by atoms with van der Waals surface area (Å²) < 4.78 is 5.85. The van der Waals surface area contributed by atoms with Gasteiger partial charge in [0.05, 0.1) is 6.61 Å². The molecule has 0 aliphatic heterocycles. The van der Waals surface area contributed by atoms with Crippen molar-refractivity contribution in [2.75, 3.05) is 25.0 Å². The first-order chi connectivity index (χ1) is 7.80. The van der Waals surface area contributed by atoms with Gasteiger partial charge in [0.25, 0.3) is 0 Å². The molecule has 0 heterocycles. The van der Waals surface area contributed by atoms with Crippen LogP contribution in [0, 0.1) is 17.3 Å². The number of hydrogen-bond donors (Lipinski definition) is 0. The second-order valence-electron chi connectivity index (χ2n) is 5.57. The smallest absolute Gasteiger partial charge is 0.0548 e. The summed E-state index contributed by atoms with van der Waals surface area (Å²) in [4.78, 5) is 0. The van der Waals surface area contributed by atoms with Crippen LogP contribution in [0.2, 0.25) is 0 Å². The van der Waals surface area contributed by atoms with Gasteiger partial charge < -0.3 is 4.74 Å². The van der Waals surface area contributed by atoms with Crippen LogP contribution in [0.25, 0.3) is 0 Å². The Balaban J connectivity index is 1.84. The van der Waals surface area contributed by atoms with E-state index in [1.54, 1.807) is 0 Å². The molecule has 2 rings (SSSR count). The van der Waals surface area contributed by atoms with Crippen molar-refractivity contribution in [1.82, 2.24) is 0 Å². The van der Waals surface area contributed by atoms with Gasteiger partial charge in [-0.3, -0.25) is 0 Å². The fourth-order valence-electron chi connectivity index (χ4n) is 2.70. The van der Waals surface area contributed by atoms with Crippen molar-refractivity contribution in [3.8, 4) is 0 Å². The lowest BCUT2D eigenvalue weighted by Gasteiger charge is -2.35. The van der Waals surface area contributed by atoms with Crippen molar-refractivity contribution in [3.63, 3.8) is 0 Å². The maximum Gasteiger partial charge on any atom is 0.0548 e. The quantitative estimate of drug-likeness (QED) is 0.630. The Labute approximate surface area is 109 Å². The van der Waals surface area contributed by atoms with Crippen LogP contribution in [-0.4, -0.2) is 25.0 Å². The third kappa shape index (κ3) is 3.05. The molecular formula is C13H22Cl2O. The topological polar surface area (TPSA) is 9.23 Å². The second kappa shape index (κ2) is 5.93. The van der Waals surface area contributed by atoms with Crippen molar-refractivity contribution in [1.29, 1.82) is 0 Å². The zero-order valence-electron chi connectivity index (χ0n) is 9.89. The Morgan fingerprint density at radius 1 is 1.00 bits per heavy atom. The first kappa shape index (κ1) is 13.0. The van der Waals surface area contributed by atoms with E-state index in [9.17, 15) is 0 Å². The van der Waals surface area contributed by atoms with Gasteiger partial charge in [-0.05, 0) is 37.5 Å². The summed E-state index contributed by atoms with van der Waals surface area (Å²) in [6.07, 6.45) is 7.93. The summed E-state index contributed by atoms with van der Waals surface area (Å²) in [5.74, 6) is 2.80. The van der Waals surface area contributed by atoms with Gasteiger partial charge in [-0.1, -0.05) is 12.8 Å². The van der Waals surface area contributed by atoms with Crippen molar-refractivity contribution in [2.24, 2.45) is 17.3 Å². The van der Waals surface area contributed by atoms with Crippen LogP contribution in [0.4, 0.5) is 0 Å². The maximum atomic E-state index is 6.17. The molecule has 0 bridgehead atoms. The SMILES string of the molecule is ClCC(CCl)(COCC1CC1)C1CCCC1. The first-order valence-electron chi connectivity index (χ1n) is 6.50. The predicted octanol–water partition coefficient (Wildman–Crippen LogP) is 4.07. The molecule has 2 aliphatic carbocycles. The third-order valence-corrected chi connectivity index (χ3v) is 5.26. The molecule has 0 aromatic carbocycles. The Morgan fingerprint density at radius 3 is 2.12 bits per heavy atom. The third-order valence-electron chi connectivity index (χ3n) is 4.19. The molecule has 0 spiro atoms. The molecule has 0 aromatic rings. The molecule has 0 aromatic heterocycles. The van der Waals surface area contributed by atoms with Gasteiger partial charge in [-0.15, -0.1) is 23.2 Å². The van der Waals surface area contributed by atoms with Crippen LogP contribution in [0.1, 0.15) is 38.5 Å². The highest BCUT2D eigenvalue weighted by Crippen LogP contribution is 2.42. The summed E-state index contributed by atoms with van der Waals surface area (Å²) >= 11 is 12.3. The van der Waals surface area contributed by atoms with E-state index >= 15 is 0 Å². The number of rotatable bonds is 7. The van der Waals surface area contributed by atoms with Gasteiger partial charge >= 0.3 is 0 Å². The second-order valence-corrected chi connectivity index (χ2v) is 6.10. The fraction of sp³-hybridized carbons (Fsp3) is 1.00. The zero-order valence-corrected chi connectivity index (χ0v) is 11.4. The standard InChI is InChI=1S/C13H22Cl2O/c14-8-13(9-15,12-3-1-2-4-12)10-16-7-11-5-6-11/h11-12H,1-10H2. The van der Waals surface area contributed by atoms with E-state index in [2.05, 4.69) is 0 Å². The summed E-state index contributed by atoms with van der Waals surface area (Å²) in [6, 6.07) is 0. The largest absolute Gasteiger partial charge is 0.380 e. The number of hydrogen-bond acceptors (Lipinski definition) is 1. The van der Waals surface area contributed by atoms with E-state index in [0.717, 1.165) is 19.1 Å². The molecular weight excluding hydrogens is 243 g/mol. The molecule has 1 nitrogen and oxygen atoms in total. The molecule has 2 fully saturated rings. The van der Waals surface area contributed by atoms with Gasteiger partial charge in [-0.2, -0.15) is 0 Å². The molecule has 2 saturated carbocycles. The monoisotopic (exact) mass is 264 g/mol. The first-order valence-corrected chi connectivity index (χ1v) is 7.57. The molecule has 3 heteroatoms. The molecule has 2 aliphatic rings. The molecule has 0 unspecified atom stereocenters. The van der Waals surface area contributed by atoms with Gasteiger partial charge in [0.15, 0.2) is 0 Å². The minimum absolute atomic E-state index is 0.0362. The van der Waals surface area contributed by atoms with E-state index in [1.165, 1.54) is 38.5 Å². The lowest BCUT2D eigenvalue weighted by atomic mass is 9.78. The predicted molar refractivity (Wildman–Crippen MR) is 69.4 cm³/mol. The number of halogens is 2. The Kier molecular flexibility index (Phi) is 4.81. The van der Waals surface area contributed by atoms with Crippen LogP contribution >= 0.6 is 23.2 Å². The summed E-state index contributed by atoms with van der Waals surface area (Å²) in [5, 5.41) is 0. The molecule has 0 radical (unpaired) electrons. The Morgan fingerprint density at radius 2 is 1.62 bits per heavy atom. The van der Waals surface area contributed by atoms with Gasteiger partial charge in [0, 0.05) is 23.8 Å².